The fourth-order valence-corrected chi connectivity index (χ4v) is 8.74. The van der Waals surface area contributed by atoms with E-state index in [1.807, 2.05) is 0 Å². The number of esters is 2. The molecule has 0 aromatic heterocycles. The summed E-state index contributed by atoms with van der Waals surface area (Å²) >= 11 is 0. The second-order valence-electron chi connectivity index (χ2n) is 17.9. The summed E-state index contributed by atoms with van der Waals surface area (Å²) in [6.45, 7) is 0.455. The third kappa shape index (κ3) is 47.8. The minimum absolute atomic E-state index is 0.194. The minimum Gasteiger partial charge on any atom is -0.463 e. The van der Waals surface area contributed by atoms with Crippen molar-refractivity contribution in [2.75, 3.05) is 39.6 Å². The van der Waals surface area contributed by atoms with Crippen molar-refractivity contribution in [3.63, 3.8) is 0 Å². The van der Waals surface area contributed by atoms with Gasteiger partial charge in [0, 0.05) is 12.8 Å². The molecule has 5 unspecified atom stereocenters. The van der Waals surface area contributed by atoms with Gasteiger partial charge in [-0.2, -0.15) is 0 Å². The number of aliphatic hydroxyl groups excluding tert-OH is 3. The van der Waals surface area contributed by atoms with Crippen molar-refractivity contribution in [2.24, 2.45) is 0 Å². The van der Waals surface area contributed by atoms with Crippen LogP contribution >= 0.6 is 15.6 Å². The maximum absolute atomic E-state index is 12.2. The quantitative estimate of drug-likeness (QED) is 0.0165. The predicted molar refractivity (Wildman–Crippen MR) is 261 cm³/mol. The number of carbonyl (C=O) groups is 2. The van der Waals surface area contributed by atoms with Crippen LogP contribution in [0.15, 0.2) is 12.2 Å². The smallest absolute Gasteiger partial charge is 0.463 e. The highest BCUT2D eigenvalue weighted by atomic mass is 31.2. The van der Waals surface area contributed by atoms with Crippen molar-refractivity contribution < 1.29 is 71.4 Å². The molecule has 392 valence electrons. The Hall–Kier alpha value is -1.22. The van der Waals surface area contributed by atoms with Gasteiger partial charge in [-0.1, -0.05) is 193 Å². The molecule has 0 aromatic carbocycles. The molecule has 0 aromatic rings. The van der Waals surface area contributed by atoms with Crippen molar-refractivity contribution in [2.45, 2.75) is 250 Å². The van der Waals surface area contributed by atoms with Crippen LogP contribution in [0.4, 0.5) is 0 Å². The first-order chi connectivity index (χ1) is 31.8. The van der Waals surface area contributed by atoms with Gasteiger partial charge >= 0.3 is 27.6 Å². The van der Waals surface area contributed by atoms with E-state index >= 15 is 0 Å². The Labute approximate surface area is 400 Å². The average molecular weight is 987 g/mol. The number of aliphatic hydroxyl groups is 3. The standard InChI is InChI=1S/C49H96O15P2/c1-3-5-7-9-11-13-15-17-19-20-21-22-24-26-28-30-32-34-36-38-49(54)60-40-46(51)42-62-66(57,58)64-44-47(52)43-63-65(55,56)61-41-45(50)39-59-48(53)37-35-33-31-29-27-25-23-18-16-14-12-10-8-6-4-2/h14,16,45-47,50-52H,3-13,15,17-44H2,1-2H3,(H,55,56)(H,57,58)/b16-14-. The van der Waals surface area contributed by atoms with E-state index in [4.69, 9.17) is 14.0 Å². The molecule has 0 spiro atoms. The maximum Gasteiger partial charge on any atom is 0.472 e. The number of phosphoric ester groups is 2. The molecule has 0 aliphatic carbocycles. The van der Waals surface area contributed by atoms with E-state index in [0.29, 0.717) is 12.8 Å². The molecule has 5 N–H and O–H groups in total. The molecule has 0 aliphatic rings. The van der Waals surface area contributed by atoms with Gasteiger partial charge in [-0.25, -0.2) is 9.13 Å². The first kappa shape index (κ1) is 64.8. The van der Waals surface area contributed by atoms with Gasteiger partial charge in [0.25, 0.3) is 0 Å². The van der Waals surface area contributed by atoms with Crippen molar-refractivity contribution in [1.29, 1.82) is 0 Å². The fraction of sp³-hybridized carbons (Fsp3) is 0.918. The zero-order valence-corrected chi connectivity index (χ0v) is 43.2. The first-order valence-corrected chi connectivity index (χ1v) is 29.0. The molecular formula is C49H96O15P2. The lowest BCUT2D eigenvalue weighted by Gasteiger charge is -2.19. The second-order valence-corrected chi connectivity index (χ2v) is 20.8. The van der Waals surface area contributed by atoms with Crippen molar-refractivity contribution in [3.8, 4) is 0 Å². The Balaban J connectivity index is 3.83. The van der Waals surface area contributed by atoms with Gasteiger partial charge in [-0.05, 0) is 38.5 Å². The topological polar surface area (TPSA) is 225 Å². The largest absolute Gasteiger partial charge is 0.472 e. The molecule has 0 rings (SSSR count). The zero-order valence-electron chi connectivity index (χ0n) is 41.4. The number of hydrogen-bond donors (Lipinski definition) is 5. The molecule has 17 heteroatoms. The first-order valence-electron chi connectivity index (χ1n) is 26.0. The predicted octanol–water partition coefficient (Wildman–Crippen LogP) is 12.3. The molecule has 0 saturated heterocycles. The molecule has 0 fully saturated rings. The SMILES string of the molecule is CCCCCC/C=C\CCCCCCCCCC(=O)OCC(O)COP(=O)(O)OCC(O)COP(=O)(O)OCC(O)COC(=O)CCCCCCCCCCCCCCCCCCCCC. The third-order valence-electron chi connectivity index (χ3n) is 11.2. The Bertz CT molecular complexity index is 1240. The van der Waals surface area contributed by atoms with Gasteiger partial charge < -0.3 is 34.6 Å². The average Bonchev–Trinajstić information content (AvgIpc) is 3.29. The third-order valence-corrected chi connectivity index (χ3v) is 13.1. The van der Waals surface area contributed by atoms with Crippen molar-refractivity contribution in [3.05, 3.63) is 12.2 Å². The summed E-state index contributed by atoms with van der Waals surface area (Å²) in [5, 5.41) is 30.1. The Morgan fingerprint density at radius 3 is 0.894 bits per heavy atom. The highest BCUT2D eigenvalue weighted by Gasteiger charge is 2.28. The summed E-state index contributed by atoms with van der Waals surface area (Å²) in [5.41, 5.74) is 0. The van der Waals surface area contributed by atoms with E-state index in [-0.39, 0.29) is 12.8 Å². The lowest BCUT2D eigenvalue weighted by Crippen LogP contribution is -2.25. The minimum atomic E-state index is -4.78. The summed E-state index contributed by atoms with van der Waals surface area (Å²) in [6.07, 6.45) is 39.1. The molecule has 0 heterocycles. The molecule has 0 radical (unpaired) electrons. The highest BCUT2D eigenvalue weighted by molar-refractivity contribution is 7.47. The van der Waals surface area contributed by atoms with Crippen LogP contribution in [0.5, 0.6) is 0 Å². The van der Waals surface area contributed by atoms with Gasteiger partial charge in [0.1, 0.15) is 31.5 Å². The summed E-state index contributed by atoms with van der Waals surface area (Å²) in [7, 11) is -9.56. The van der Waals surface area contributed by atoms with E-state index in [1.165, 1.54) is 148 Å². The number of ether oxygens (including phenoxy) is 2. The lowest BCUT2D eigenvalue weighted by molar-refractivity contribution is -0.148. The zero-order chi connectivity index (χ0) is 48.8. The number of rotatable bonds is 51. The monoisotopic (exact) mass is 987 g/mol. The van der Waals surface area contributed by atoms with Crippen LogP contribution in [0.3, 0.4) is 0 Å². The lowest BCUT2D eigenvalue weighted by atomic mass is 10.0. The van der Waals surface area contributed by atoms with Gasteiger partial charge in [-0.3, -0.25) is 27.7 Å². The van der Waals surface area contributed by atoms with Crippen LogP contribution < -0.4 is 0 Å². The van der Waals surface area contributed by atoms with Crippen LogP contribution in [0.2, 0.25) is 0 Å². The van der Waals surface area contributed by atoms with Gasteiger partial charge in [0.2, 0.25) is 0 Å². The second kappa shape index (κ2) is 46.2. The molecule has 0 saturated carbocycles. The molecule has 0 aliphatic heterocycles. The van der Waals surface area contributed by atoms with E-state index in [0.717, 1.165) is 44.9 Å². The van der Waals surface area contributed by atoms with Crippen molar-refractivity contribution in [1.82, 2.24) is 0 Å². The van der Waals surface area contributed by atoms with Crippen LogP contribution in [-0.2, 0) is 46.3 Å². The summed E-state index contributed by atoms with van der Waals surface area (Å²) in [5.74, 6) is -0.989. The molecule has 66 heavy (non-hydrogen) atoms. The highest BCUT2D eigenvalue weighted by Crippen LogP contribution is 2.45. The number of allylic oxidation sites excluding steroid dienone is 2. The Morgan fingerprint density at radius 1 is 0.379 bits per heavy atom. The van der Waals surface area contributed by atoms with Crippen LogP contribution in [-0.4, -0.2) is 95.0 Å². The molecule has 5 atom stereocenters. The van der Waals surface area contributed by atoms with E-state index in [1.54, 1.807) is 0 Å². The normalized spacial score (nSPS) is 15.1. The number of carbonyl (C=O) groups excluding carboxylic acids is 2. The van der Waals surface area contributed by atoms with Crippen LogP contribution in [0.25, 0.3) is 0 Å². The van der Waals surface area contributed by atoms with Crippen molar-refractivity contribution >= 4 is 27.6 Å². The van der Waals surface area contributed by atoms with Gasteiger partial charge in [-0.15, -0.1) is 0 Å². The molecule has 0 bridgehead atoms. The van der Waals surface area contributed by atoms with Gasteiger partial charge in [0.15, 0.2) is 0 Å². The Kier molecular flexibility index (Phi) is 45.3. The number of unbranched alkanes of at least 4 members (excludes halogenated alkanes) is 29. The Morgan fingerprint density at radius 2 is 0.606 bits per heavy atom. The fourth-order valence-electron chi connectivity index (χ4n) is 7.15. The van der Waals surface area contributed by atoms with Crippen LogP contribution in [0.1, 0.15) is 232 Å². The summed E-state index contributed by atoms with van der Waals surface area (Å²) in [4.78, 5) is 43.8. The molecule has 15 nitrogen and oxygen atoms in total. The van der Waals surface area contributed by atoms with Crippen LogP contribution in [0, 0.1) is 0 Å². The van der Waals surface area contributed by atoms with E-state index in [2.05, 4.69) is 39.6 Å². The number of hydrogen-bond acceptors (Lipinski definition) is 13. The van der Waals surface area contributed by atoms with Gasteiger partial charge in [0.05, 0.1) is 26.4 Å². The molecule has 0 amide bonds. The summed E-state index contributed by atoms with van der Waals surface area (Å²) < 4.78 is 53.1. The summed E-state index contributed by atoms with van der Waals surface area (Å²) in [6, 6.07) is 0. The number of phosphoric acid groups is 2. The van der Waals surface area contributed by atoms with E-state index in [9.17, 15) is 43.8 Å². The van der Waals surface area contributed by atoms with E-state index < -0.39 is 85.5 Å². The maximum atomic E-state index is 12.2. The molecular weight excluding hydrogens is 890 g/mol.